The number of para-hydroxylation sites is 1. The van der Waals surface area contributed by atoms with Gasteiger partial charge in [0.2, 0.25) is 0 Å². The van der Waals surface area contributed by atoms with Gasteiger partial charge in [-0.2, -0.15) is 0 Å². The van der Waals surface area contributed by atoms with Gasteiger partial charge in [0.05, 0.1) is 16.3 Å². The smallest absolute Gasteiger partial charge is 0.406 e. The summed E-state index contributed by atoms with van der Waals surface area (Å²) >= 11 is 1.51. The number of alkyl halides is 3. The van der Waals surface area contributed by atoms with Crippen molar-refractivity contribution in [2.24, 2.45) is 0 Å². The highest BCUT2D eigenvalue weighted by atomic mass is 32.1. The zero-order valence-corrected chi connectivity index (χ0v) is 14.8. The van der Waals surface area contributed by atoms with Crippen LogP contribution in [0.5, 0.6) is 5.75 Å². The zero-order chi connectivity index (χ0) is 18.9. The molecule has 0 bridgehead atoms. The number of benzene rings is 2. The first-order valence-corrected chi connectivity index (χ1v) is 8.55. The predicted octanol–water partition coefficient (Wildman–Crippen LogP) is 5.03. The molecule has 3 aromatic rings. The lowest BCUT2D eigenvalue weighted by atomic mass is 10.1. The molecule has 0 unspecified atom stereocenters. The largest absolute Gasteiger partial charge is 0.573 e. The number of hydrogen-bond acceptors (Lipinski definition) is 4. The first-order valence-electron chi connectivity index (χ1n) is 7.73. The van der Waals surface area contributed by atoms with Crippen LogP contribution in [0.1, 0.15) is 28.3 Å². The molecule has 1 heterocycles. The predicted molar refractivity (Wildman–Crippen MR) is 93.3 cm³/mol. The lowest BCUT2D eigenvalue weighted by Gasteiger charge is -2.23. The summed E-state index contributed by atoms with van der Waals surface area (Å²) in [5.74, 6) is -0.675. The first-order chi connectivity index (χ1) is 12.2. The third kappa shape index (κ3) is 3.96. The van der Waals surface area contributed by atoms with E-state index in [9.17, 15) is 18.0 Å². The van der Waals surface area contributed by atoms with Crippen LogP contribution < -0.4 is 4.74 Å². The van der Waals surface area contributed by atoms with Gasteiger partial charge in [-0.3, -0.25) is 4.79 Å². The van der Waals surface area contributed by atoms with Gasteiger partial charge in [0.1, 0.15) is 10.8 Å². The quantitative estimate of drug-likeness (QED) is 0.638. The summed E-state index contributed by atoms with van der Waals surface area (Å²) in [5, 5.41) is 0.791. The number of amides is 1. The Morgan fingerprint density at radius 3 is 2.42 bits per heavy atom. The molecule has 0 spiro atoms. The lowest BCUT2D eigenvalue weighted by molar-refractivity contribution is -0.274. The monoisotopic (exact) mass is 380 g/mol. The van der Waals surface area contributed by atoms with Crippen molar-refractivity contribution < 1.29 is 22.7 Å². The molecule has 26 heavy (non-hydrogen) atoms. The van der Waals surface area contributed by atoms with E-state index < -0.39 is 6.36 Å². The van der Waals surface area contributed by atoms with Crippen LogP contribution in [0.3, 0.4) is 0 Å². The Kier molecular flexibility index (Phi) is 4.86. The number of rotatable bonds is 4. The molecule has 3 rings (SSSR count). The van der Waals surface area contributed by atoms with E-state index in [0.717, 1.165) is 27.4 Å². The summed E-state index contributed by atoms with van der Waals surface area (Å²) in [5.41, 5.74) is 1.14. The number of halogens is 3. The molecular weight excluding hydrogens is 365 g/mol. The van der Waals surface area contributed by atoms with Crippen LogP contribution in [-0.2, 0) is 0 Å². The van der Waals surface area contributed by atoms with Crippen molar-refractivity contribution >= 4 is 27.5 Å². The van der Waals surface area contributed by atoms with Crippen molar-refractivity contribution in [3.05, 3.63) is 59.1 Å². The van der Waals surface area contributed by atoms with Crippen LogP contribution in [0.2, 0.25) is 0 Å². The summed E-state index contributed by atoms with van der Waals surface area (Å²) in [4.78, 5) is 18.7. The van der Waals surface area contributed by atoms with Crippen molar-refractivity contribution in [1.82, 2.24) is 9.88 Å². The number of thiazole rings is 1. The molecule has 8 heteroatoms. The van der Waals surface area contributed by atoms with E-state index in [1.54, 1.807) is 7.05 Å². The molecule has 0 saturated heterocycles. The molecule has 4 nitrogen and oxygen atoms in total. The Labute approximate surface area is 151 Å². The van der Waals surface area contributed by atoms with Crippen LogP contribution in [0, 0.1) is 0 Å². The average Bonchev–Trinajstić information content (AvgIpc) is 3.03. The highest BCUT2D eigenvalue weighted by Gasteiger charge is 2.31. The van der Waals surface area contributed by atoms with Crippen molar-refractivity contribution in [2.75, 3.05) is 7.05 Å². The van der Waals surface area contributed by atoms with Crippen LogP contribution in [0.4, 0.5) is 13.2 Å². The minimum absolute atomic E-state index is 0.272. The fourth-order valence-corrected chi connectivity index (χ4v) is 3.48. The summed E-state index contributed by atoms with van der Waals surface area (Å²) in [6.45, 7) is 1.86. The van der Waals surface area contributed by atoms with Crippen molar-refractivity contribution in [1.29, 1.82) is 0 Å². The van der Waals surface area contributed by atoms with Gasteiger partial charge in [-0.15, -0.1) is 24.5 Å². The number of hydrogen-bond donors (Lipinski definition) is 0. The SMILES string of the molecule is C[C@H](c1nc2ccccc2s1)N(C)C(=O)c1ccc(OC(F)(F)F)cc1. The molecule has 0 radical (unpaired) electrons. The molecular formula is C18H15F3N2O2S. The lowest BCUT2D eigenvalue weighted by Crippen LogP contribution is -2.29. The van der Waals surface area contributed by atoms with E-state index in [4.69, 9.17) is 0 Å². The van der Waals surface area contributed by atoms with Gasteiger partial charge in [-0.25, -0.2) is 4.98 Å². The number of fused-ring (bicyclic) bond motifs is 1. The van der Waals surface area contributed by atoms with Gasteiger partial charge < -0.3 is 9.64 Å². The molecule has 1 atom stereocenters. The molecule has 0 aliphatic heterocycles. The minimum atomic E-state index is -4.76. The van der Waals surface area contributed by atoms with E-state index in [1.165, 1.54) is 28.4 Å². The molecule has 0 aliphatic carbocycles. The Morgan fingerprint density at radius 1 is 1.15 bits per heavy atom. The van der Waals surface area contributed by atoms with Crippen LogP contribution in [-0.4, -0.2) is 29.2 Å². The number of nitrogens with zero attached hydrogens (tertiary/aromatic N) is 2. The van der Waals surface area contributed by atoms with E-state index >= 15 is 0 Å². The number of aromatic nitrogens is 1. The summed E-state index contributed by atoms with van der Waals surface area (Å²) < 4.78 is 41.5. The van der Waals surface area contributed by atoms with Gasteiger partial charge in [-0.1, -0.05) is 12.1 Å². The second-order valence-corrected chi connectivity index (χ2v) is 6.75. The van der Waals surface area contributed by atoms with Gasteiger partial charge >= 0.3 is 6.36 Å². The molecule has 0 fully saturated rings. The zero-order valence-electron chi connectivity index (χ0n) is 13.9. The Balaban J connectivity index is 1.76. The summed E-state index contributed by atoms with van der Waals surface area (Å²) in [6, 6.07) is 12.3. The van der Waals surface area contributed by atoms with Crippen LogP contribution >= 0.6 is 11.3 Å². The minimum Gasteiger partial charge on any atom is -0.406 e. The van der Waals surface area contributed by atoms with Crippen molar-refractivity contribution in [3.63, 3.8) is 0 Å². The standard InChI is InChI=1S/C18H15F3N2O2S/c1-11(16-22-14-5-3-4-6-15(14)26-16)23(2)17(24)12-7-9-13(10-8-12)25-18(19,20)21/h3-11H,1-2H3/t11-/m1/s1. The number of carbonyl (C=O) groups excluding carboxylic acids is 1. The van der Waals surface area contributed by atoms with Crippen LogP contribution in [0.15, 0.2) is 48.5 Å². The third-order valence-electron chi connectivity index (χ3n) is 3.90. The molecule has 2 aromatic carbocycles. The molecule has 1 amide bonds. The second kappa shape index (κ2) is 6.95. The van der Waals surface area contributed by atoms with Crippen molar-refractivity contribution in [2.45, 2.75) is 19.3 Å². The van der Waals surface area contributed by atoms with E-state index in [1.807, 2.05) is 31.2 Å². The molecule has 0 aliphatic rings. The highest BCUT2D eigenvalue weighted by Crippen LogP contribution is 2.30. The first kappa shape index (κ1) is 18.2. The molecule has 0 N–H and O–H groups in total. The van der Waals surface area contributed by atoms with E-state index in [2.05, 4.69) is 9.72 Å². The maximum Gasteiger partial charge on any atom is 0.573 e. The molecule has 1 aromatic heterocycles. The van der Waals surface area contributed by atoms with Gasteiger partial charge in [-0.05, 0) is 43.3 Å². The fraction of sp³-hybridized carbons (Fsp3) is 0.222. The number of carbonyl (C=O) groups is 1. The summed E-state index contributed by atoms with van der Waals surface area (Å²) in [7, 11) is 1.64. The van der Waals surface area contributed by atoms with Crippen LogP contribution in [0.25, 0.3) is 10.2 Å². The Bertz CT molecular complexity index is 889. The van der Waals surface area contributed by atoms with E-state index in [-0.39, 0.29) is 23.3 Å². The summed E-state index contributed by atoms with van der Waals surface area (Å²) in [6.07, 6.45) is -4.76. The van der Waals surface area contributed by atoms with Gasteiger partial charge in [0, 0.05) is 12.6 Å². The molecule has 0 saturated carbocycles. The molecule has 136 valence electrons. The maximum atomic E-state index is 12.6. The third-order valence-corrected chi connectivity index (χ3v) is 5.11. The van der Waals surface area contributed by atoms with Crippen molar-refractivity contribution in [3.8, 4) is 5.75 Å². The number of ether oxygens (including phenoxy) is 1. The average molecular weight is 380 g/mol. The van der Waals surface area contributed by atoms with Gasteiger partial charge in [0.25, 0.3) is 5.91 Å². The Morgan fingerprint density at radius 2 is 1.81 bits per heavy atom. The maximum absolute atomic E-state index is 12.6. The second-order valence-electron chi connectivity index (χ2n) is 5.68. The van der Waals surface area contributed by atoms with Gasteiger partial charge in [0.15, 0.2) is 0 Å². The highest BCUT2D eigenvalue weighted by molar-refractivity contribution is 7.18. The van der Waals surface area contributed by atoms with E-state index in [0.29, 0.717) is 0 Å². The topological polar surface area (TPSA) is 42.4 Å². The normalized spacial score (nSPS) is 12.8. The fourth-order valence-electron chi connectivity index (χ4n) is 2.41. The Hall–Kier alpha value is -2.61.